The van der Waals surface area contributed by atoms with Gasteiger partial charge in [-0.15, -0.1) is 0 Å². The van der Waals surface area contributed by atoms with Crippen LogP contribution < -0.4 is 5.69 Å². The van der Waals surface area contributed by atoms with Gasteiger partial charge < -0.3 is 0 Å². The molecule has 12 heavy (non-hydrogen) atoms. The van der Waals surface area contributed by atoms with Gasteiger partial charge in [-0.2, -0.15) is 10.1 Å². The van der Waals surface area contributed by atoms with Gasteiger partial charge in [0.15, 0.2) is 5.65 Å². The second-order valence-electron chi connectivity index (χ2n) is 2.44. The molecule has 0 aliphatic carbocycles. The molecule has 0 aliphatic heterocycles. The van der Waals surface area contributed by atoms with Crippen LogP contribution >= 0.6 is 0 Å². The summed E-state index contributed by atoms with van der Waals surface area (Å²) in [6.07, 6.45) is 1.60. The second kappa shape index (κ2) is 2.37. The van der Waals surface area contributed by atoms with Gasteiger partial charge in [0.05, 0.1) is 0 Å². The molecular weight excluding hydrogens is 156 g/mol. The second-order valence-corrected chi connectivity index (χ2v) is 2.44. The Kier molecular flexibility index (Phi) is 1.36. The predicted molar refractivity (Wildman–Crippen MR) is 44.8 cm³/mol. The number of nitrogens with one attached hydrogen (secondary N) is 1. The van der Waals surface area contributed by atoms with Crippen molar-refractivity contribution in [2.24, 2.45) is 0 Å². The number of aromatic nitrogens is 4. The van der Waals surface area contributed by atoms with E-state index < -0.39 is 5.69 Å². The molecule has 62 valence electrons. The molecule has 0 atom stereocenters. The van der Waals surface area contributed by atoms with Crippen LogP contribution in [0.5, 0.6) is 0 Å². The summed E-state index contributed by atoms with van der Waals surface area (Å²) < 4.78 is 0. The Labute approximate surface area is 69.0 Å². The van der Waals surface area contributed by atoms with Crippen LogP contribution in [0.1, 0.15) is 6.99 Å². The van der Waals surface area contributed by atoms with E-state index in [9.17, 15) is 4.79 Å². The fourth-order valence-electron chi connectivity index (χ4n) is 0.981. The number of hydrogen-bond acceptors (Lipinski definition) is 4. The number of hydrogen-bond donors (Lipinski definition) is 1. The van der Waals surface area contributed by atoms with Crippen molar-refractivity contribution >= 4 is 11.2 Å². The zero-order chi connectivity index (χ0) is 8.55. The third-order valence-electron chi connectivity index (χ3n) is 1.58. The van der Waals surface area contributed by atoms with E-state index in [2.05, 4.69) is 20.2 Å². The number of aromatic amines is 1. The van der Waals surface area contributed by atoms with Gasteiger partial charge in [0, 0.05) is 7.62 Å². The number of aryl methyl sites for hydroxylation is 1. The third-order valence-corrected chi connectivity index (χ3v) is 1.58. The molecule has 0 unspecified atom stereocenters. The first kappa shape index (κ1) is 6.90. The van der Waals surface area contributed by atoms with Gasteiger partial charge in [-0.05, 0) is 18.6 Å². The first-order chi connectivity index (χ1) is 5.77. The van der Waals surface area contributed by atoms with Crippen molar-refractivity contribution in [3.63, 3.8) is 0 Å². The molecule has 1 N–H and O–H groups in total. The van der Waals surface area contributed by atoms with Crippen LogP contribution in [0.15, 0.2) is 17.1 Å². The van der Waals surface area contributed by atoms with E-state index in [-0.39, 0.29) is 1.43 Å². The van der Waals surface area contributed by atoms with Gasteiger partial charge in [-0.1, -0.05) is 0 Å². The standard InChI is InChI=1S/C7H6N4O.H2/c1-4-2-3-8-6-5(4)10-11-7(12)9-6;/h2-3H,1H3,(H,8,9,11,12);1H. The zero-order valence-corrected chi connectivity index (χ0v) is 6.40. The van der Waals surface area contributed by atoms with Crippen molar-refractivity contribution in [1.82, 2.24) is 20.2 Å². The van der Waals surface area contributed by atoms with E-state index in [0.29, 0.717) is 11.2 Å². The molecular formula is C7H8N4O. The lowest BCUT2D eigenvalue weighted by molar-refractivity contribution is 0.946. The van der Waals surface area contributed by atoms with Crippen molar-refractivity contribution in [2.45, 2.75) is 6.92 Å². The minimum Gasteiger partial charge on any atom is -0.244 e. The van der Waals surface area contributed by atoms with E-state index in [4.69, 9.17) is 0 Å². The van der Waals surface area contributed by atoms with E-state index >= 15 is 0 Å². The highest BCUT2D eigenvalue weighted by atomic mass is 16.1. The summed E-state index contributed by atoms with van der Waals surface area (Å²) in [5, 5.41) is 6.08. The highest BCUT2D eigenvalue weighted by Gasteiger charge is 1.99. The van der Waals surface area contributed by atoms with E-state index in [1.54, 1.807) is 6.20 Å². The summed E-state index contributed by atoms with van der Waals surface area (Å²) in [5.41, 5.74) is 1.50. The van der Waals surface area contributed by atoms with Crippen molar-refractivity contribution in [3.8, 4) is 0 Å². The summed E-state index contributed by atoms with van der Waals surface area (Å²) in [7, 11) is 0. The summed E-state index contributed by atoms with van der Waals surface area (Å²) >= 11 is 0. The van der Waals surface area contributed by atoms with Gasteiger partial charge in [0.2, 0.25) is 0 Å². The lowest BCUT2D eigenvalue weighted by Gasteiger charge is -1.95. The Hall–Kier alpha value is -1.78. The first-order valence-electron chi connectivity index (χ1n) is 3.45. The Balaban J connectivity index is 0.000000845. The quantitative estimate of drug-likeness (QED) is 0.606. The summed E-state index contributed by atoms with van der Waals surface area (Å²) in [4.78, 5) is 18.3. The molecule has 0 aliphatic rings. The van der Waals surface area contributed by atoms with Crippen LogP contribution in [0.25, 0.3) is 11.2 Å². The molecule has 0 saturated carbocycles. The molecule has 0 fully saturated rings. The molecule has 0 bridgehead atoms. The summed E-state index contributed by atoms with van der Waals surface area (Å²) in [6, 6.07) is 1.81. The highest BCUT2D eigenvalue weighted by molar-refractivity contribution is 5.71. The lowest BCUT2D eigenvalue weighted by Crippen LogP contribution is -2.12. The summed E-state index contributed by atoms with van der Waals surface area (Å²) in [6.45, 7) is 1.89. The average molecular weight is 164 g/mol. The van der Waals surface area contributed by atoms with Crippen LogP contribution in [0.2, 0.25) is 0 Å². The fourth-order valence-corrected chi connectivity index (χ4v) is 0.981. The van der Waals surface area contributed by atoms with E-state index in [0.717, 1.165) is 5.56 Å². The minimum atomic E-state index is -0.472. The molecule has 2 aromatic rings. The third kappa shape index (κ3) is 0.952. The Morgan fingerprint density at radius 2 is 2.42 bits per heavy atom. The van der Waals surface area contributed by atoms with Gasteiger partial charge >= 0.3 is 5.69 Å². The van der Waals surface area contributed by atoms with Crippen LogP contribution in [-0.4, -0.2) is 20.2 Å². The molecule has 5 heteroatoms. The van der Waals surface area contributed by atoms with Crippen LogP contribution in [0.3, 0.4) is 0 Å². The molecule has 0 spiro atoms. The van der Waals surface area contributed by atoms with Crippen molar-refractivity contribution in [3.05, 3.63) is 28.3 Å². The number of rotatable bonds is 0. The lowest BCUT2D eigenvalue weighted by atomic mass is 10.3. The molecule has 0 radical (unpaired) electrons. The Morgan fingerprint density at radius 3 is 3.25 bits per heavy atom. The predicted octanol–water partition coefficient (Wildman–Crippen LogP) is 0.268. The maximum atomic E-state index is 10.7. The minimum absolute atomic E-state index is 0. The Bertz CT molecular complexity index is 481. The van der Waals surface area contributed by atoms with Crippen molar-refractivity contribution in [1.29, 1.82) is 0 Å². The number of pyridine rings is 1. The molecule has 2 aromatic heterocycles. The van der Waals surface area contributed by atoms with Gasteiger partial charge in [-0.25, -0.2) is 14.9 Å². The van der Waals surface area contributed by atoms with Crippen LogP contribution in [0, 0.1) is 6.92 Å². The van der Waals surface area contributed by atoms with Gasteiger partial charge in [0.1, 0.15) is 5.52 Å². The highest BCUT2D eigenvalue weighted by Crippen LogP contribution is 2.06. The smallest absolute Gasteiger partial charge is 0.244 e. The molecule has 5 nitrogen and oxygen atoms in total. The van der Waals surface area contributed by atoms with Crippen molar-refractivity contribution < 1.29 is 1.43 Å². The molecule has 0 amide bonds. The fraction of sp³-hybridized carbons (Fsp3) is 0.143. The first-order valence-corrected chi connectivity index (χ1v) is 3.45. The molecule has 0 aromatic carbocycles. The van der Waals surface area contributed by atoms with E-state index in [1.165, 1.54) is 0 Å². The topological polar surface area (TPSA) is 71.5 Å². The van der Waals surface area contributed by atoms with Crippen LogP contribution in [0.4, 0.5) is 0 Å². The normalized spacial score (nSPS) is 10.4. The van der Waals surface area contributed by atoms with E-state index in [1.807, 2.05) is 13.0 Å². The maximum Gasteiger partial charge on any atom is 0.363 e. The zero-order valence-electron chi connectivity index (χ0n) is 6.40. The number of fused-ring (bicyclic) bond motifs is 1. The number of H-pyrrole nitrogens is 1. The average Bonchev–Trinajstić information content (AvgIpc) is 2.04. The summed E-state index contributed by atoms with van der Waals surface area (Å²) in [5.74, 6) is 0. The monoisotopic (exact) mass is 164 g/mol. The van der Waals surface area contributed by atoms with Crippen LogP contribution in [-0.2, 0) is 0 Å². The SMILES string of the molecule is Cc1ccnc2nc(=O)[nH]nc12.[HH]. The van der Waals surface area contributed by atoms with Gasteiger partial charge in [0.25, 0.3) is 0 Å². The van der Waals surface area contributed by atoms with Gasteiger partial charge in [-0.3, -0.25) is 0 Å². The molecule has 2 heterocycles. The Morgan fingerprint density at radius 1 is 1.58 bits per heavy atom. The largest absolute Gasteiger partial charge is 0.363 e. The maximum absolute atomic E-state index is 10.7. The van der Waals surface area contributed by atoms with Crippen molar-refractivity contribution in [2.75, 3.05) is 0 Å². The molecule has 2 rings (SSSR count). The number of nitrogens with zero attached hydrogens (tertiary/aromatic N) is 3. The molecule has 0 saturated heterocycles.